The first-order chi connectivity index (χ1) is 17.8. The first-order valence-electron chi connectivity index (χ1n) is 12.8. The van der Waals surface area contributed by atoms with Crippen molar-refractivity contribution < 1.29 is 14.3 Å². The number of ether oxygens (including phenoxy) is 1. The molecule has 2 saturated heterocycles. The molecule has 2 aliphatic heterocycles. The molecule has 0 spiro atoms. The molecule has 5 rings (SSSR count). The second kappa shape index (κ2) is 11.5. The van der Waals surface area contributed by atoms with Crippen LogP contribution in [0.1, 0.15) is 54.5 Å². The van der Waals surface area contributed by atoms with E-state index in [-0.39, 0.29) is 12.0 Å². The van der Waals surface area contributed by atoms with Gasteiger partial charge < -0.3 is 14.5 Å². The fraction of sp³-hybridized carbons (Fsp3) is 0.464. The fourth-order valence-corrected chi connectivity index (χ4v) is 7.28. The molecule has 2 amide bonds. The molecule has 0 unspecified atom stereocenters. The van der Waals surface area contributed by atoms with Crippen LogP contribution in [0.4, 0.5) is 4.79 Å². The van der Waals surface area contributed by atoms with E-state index in [0.29, 0.717) is 38.5 Å². The molecular weight excluding hydrogens is 622 g/mol. The maximum atomic E-state index is 13.2. The Hall–Kier alpha value is -1.90. The molecule has 6 nitrogen and oxygen atoms in total. The average Bonchev–Trinajstić information content (AvgIpc) is 3.05. The van der Waals surface area contributed by atoms with Gasteiger partial charge in [0.15, 0.2) is 0 Å². The highest BCUT2D eigenvalue weighted by molar-refractivity contribution is 9.10. The minimum atomic E-state index is -0.279. The lowest BCUT2D eigenvalue weighted by Crippen LogP contribution is -2.41. The van der Waals surface area contributed by atoms with Gasteiger partial charge in [0.1, 0.15) is 0 Å². The van der Waals surface area contributed by atoms with E-state index in [2.05, 4.69) is 44.0 Å². The van der Waals surface area contributed by atoms with E-state index in [4.69, 9.17) is 21.3 Å². The Labute approximate surface area is 239 Å². The summed E-state index contributed by atoms with van der Waals surface area (Å²) in [6, 6.07) is 6.22. The highest BCUT2D eigenvalue weighted by Crippen LogP contribution is 2.42. The van der Waals surface area contributed by atoms with Crippen LogP contribution in [0.2, 0.25) is 5.02 Å². The smallest absolute Gasteiger partial charge is 0.409 e. The van der Waals surface area contributed by atoms with Gasteiger partial charge in [-0.1, -0.05) is 33.1 Å². The van der Waals surface area contributed by atoms with E-state index in [9.17, 15) is 9.59 Å². The molecule has 2 fully saturated rings. The van der Waals surface area contributed by atoms with Crippen molar-refractivity contribution in [2.24, 2.45) is 5.92 Å². The number of carbonyl (C=O) groups excluding carboxylic acids is 2. The Morgan fingerprint density at radius 2 is 1.70 bits per heavy atom. The highest BCUT2D eigenvalue weighted by atomic mass is 79.9. The molecule has 9 heteroatoms. The topological polar surface area (TPSA) is 62.7 Å². The molecule has 1 aromatic carbocycles. The van der Waals surface area contributed by atoms with Gasteiger partial charge in [0.25, 0.3) is 0 Å². The summed E-state index contributed by atoms with van der Waals surface area (Å²) in [6.07, 6.45) is 7.28. The van der Waals surface area contributed by atoms with Gasteiger partial charge in [-0.3, -0.25) is 9.78 Å². The van der Waals surface area contributed by atoms with Crippen LogP contribution in [-0.2, 0) is 22.4 Å². The van der Waals surface area contributed by atoms with Crippen molar-refractivity contribution in [1.82, 2.24) is 14.8 Å². The quantitative estimate of drug-likeness (QED) is 0.365. The van der Waals surface area contributed by atoms with Crippen molar-refractivity contribution in [3.05, 3.63) is 66.3 Å². The van der Waals surface area contributed by atoms with Gasteiger partial charge in [-0.25, -0.2) is 4.79 Å². The molecule has 2 aromatic rings. The number of halogens is 3. The van der Waals surface area contributed by atoms with Crippen LogP contribution < -0.4 is 0 Å². The summed E-state index contributed by atoms with van der Waals surface area (Å²) in [5.41, 5.74) is 7.22. The van der Waals surface area contributed by atoms with Crippen LogP contribution >= 0.6 is 43.5 Å². The van der Waals surface area contributed by atoms with Gasteiger partial charge in [-0.05, 0) is 89.7 Å². The SMILES string of the molecule is COC(=O)N1CCC(CC(=O)N2CCC(=C3c4ncc(Br)cc4CCc4cc(Cl)cc(Br)c43)CC2)CC1. The van der Waals surface area contributed by atoms with Crippen LogP contribution in [0.15, 0.2) is 38.9 Å². The number of carbonyl (C=O) groups is 2. The van der Waals surface area contributed by atoms with E-state index < -0.39 is 0 Å². The van der Waals surface area contributed by atoms with Crippen LogP contribution in [0.3, 0.4) is 0 Å². The molecule has 3 aliphatic rings. The van der Waals surface area contributed by atoms with E-state index >= 15 is 0 Å². The van der Waals surface area contributed by atoms with Crippen LogP contribution in [0.25, 0.3) is 5.57 Å². The number of amides is 2. The Morgan fingerprint density at radius 1 is 1.00 bits per heavy atom. The number of benzene rings is 1. The number of aromatic nitrogens is 1. The summed E-state index contributed by atoms with van der Waals surface area (Å²) < 4.78 is 6.80. The van der Waals surface area contributed by atoms with Gasteiger partial charge in [-0.2, -0.15) is 0 Å². The van der Waals surface area contributed by atoms with E-state index in [1.54, 1.807) is 4.90 Å². The first-order valence-corrected chi connectivity index (χ1v) is 14.8. The minimum absolute atomic E-state index is 0.220. The molecule has 0 atom stereocenters. The molecule has 196 valence electrons. The Balaban J connectivity index is 1.34. The van der Waals surface area contributed by atoms with Crippen molar-refractivity contribution in [2.75, 3.05) is 33.3 Å². The Bertz CT molecular complexity index is 1250. The Morgan fingerprint density at radius 3 is 2.41 bits per heavy atom. The number of nitrogens with zero attached hydrogens (tertiary/aromatic N) is 3. The molecule has 1 aromatic heterocycles. The number of hydrogen-bond acceptors (Lipinski definition) is 4. The predicted molar refractivity (Wildman–Crippen MR) is 152 cm³/mol. The third-order valence-electron chi connectivity index (χ3n) is 7.80. The van der Waals surface area contributed by atoms with E-state index in [1.165, 1.54) is 34.9 Å². The van der Waals surface area contributed by atoms with E-state index in [1.807, 2.05) is 17.2 Å². The zero-order chi connectivity index (χ0) is 26.1. The summed E-state index contributed by atoms with van der Waals surface area (Å²) >= 11 is 13.8. The first kappa shape index (κ1) is 26.7. The average molecular weight is 652 g/mol. The fourth-order valence-electron chi connectivity index (χ4n) is 5.83. The van der Waals surface area contributed by atoms with Gasteiger partial charge in [0.05, 0.1) is 12.8 Å². The van der Waals surface area contributed by atoms with Gasteiger partial charge in [0.2, 0.25) is 5.91 Å². The molecule has 37 heavy (non-hydrogen) atoms. The minimum Gasteiger partial charge on any atom is -0.453 e. The number of methoxy groups -OCH3 is 1. The molecule has 3 heterocycles. The zero-order valence-corrected chi connectivity index (χ0v) is 24.8. The largest absolute Gasteiger partial charge is 0.453 e. The molecule has 0 radical (unpaired) electrons. The number of likely N-dealkylation sites (tertiary alicyclic amines) is 2. The number of aryl methyl sites for hydroxylation is 2. The van der Waals surface area contributed by atoms with Crippen LogP contribution in [-0.4, -0.2) is 60.1 Å². The predicted octanol–water partition coefficient (Wildman–Crippen LogP) is 6.65. The maximum absolute atomic E-state index is 13.2. The third-order valence-corrected chi connectivity index (χ3v) is 9.08. The van der Waals surface area contributed by atoms with Gasteiger partial charge in [0, 0.05) is 63.9 Å². The van der Waals surface area contributed by atoms with E-state index in [0.717, 1.165) is 58.2 Å². The Kier molecular flexibility index (Phi) is 8.27. The third kappa shape index (κ3) is 5.76. The standard InChI is InChI=1S/C28H30Br2ClN3O3/c1-37-28(36)34-8-4-17(5-9-34)12-24(35)33-10-6-18(7-11-33)26-25-19(14-22(31)15-23(25)30)2-3-20-13-21(29)16-32-27(20)26/h13-17H,2-12H2,1H3. The molecule has 1 aliphatic carbocycles. The molecular formula is C28H30Br2ClN3O3. The molecule has 0 bridgehead atoms. The number of rotatable bonds is 2. The lowest BCUT2D eigenvalue weighted by molar-refractivity contribution is -0.132. The summed E-state index contributed by atoms with van der Waals surface area (Å²) in [5, 5.41) is 0.730. The molecule has 0 N–H and O–H groups in total. The highest BCUT2D eigenvalue weighted by Gasteiger charge is 2.30. The monoisotopic (exact) mass is 649 g/mol. The second-order valence-electron chi connectivity index (χ2n) is 10.0. The van der Waals surface area contributed by atoms with Crippen molar-refractivity contribution in [2.45, 2.75) is 44.9 Å². The molecule has 0 saturated carbocycles. The van der Waals surface area contributed by atoms with Crippen molar-refractivity contribution >= 4 is 61.0 Å². The van der Waals surface area contributed by atoms with Gasteiger partial charge >= 0.3 is 6.09 Å². The summed E-state index contributed by atoms with van der Waals surface area (Å²) in [4.78, 5) is 33.5. The summed E-state index contributed by atoms with van der Waals surface area (Å²) in [7, 11) is 1.41. The number of pyridine rings is 1. The van der Waals surface area contributed by atoms with Gasteiger partial charge in [-0.15, -0.1) is 0 Å². The number of fused-ring (bicyclic) bond motifs is 2. The van der Waals surface area contributed by atoms with Crippen LogP contribution in [0, 0.1) is 5.92 Å². The number of piperidine rings is 2. The van der Waals surface area contributed by atoms with Crippen molar-refractivity contribution in [3.63, 3.8) is 0 Å². The normalized spacial score (nSPS) is 18.3. The lowest BCUT2D eigenvalue weighted by atomic mass is 9.88. The van der Waals surface area contributed by atoms with Crippen molar-refractivity contribution in [3.8, 4) is 0 Å². The zero-order valence-electron chi connectivity index (χ0n) is 20.9. The van der Waals surface area contributed by atoms with Crippen LogP contribution in [0.5, 0.6) is 0 Å². The number of hydrogen-bond donors (Lipinski definition) is 0. The second-order valence-corrected chi connectivity index (χ2v) is 12.3. The lowest BCUT2D eigenvalue weighted by Gasteiger charge is -2.34. The van der Waals surface area contributed by atoms with Crippen molar-refractivity contribution in [1.29, 1.82) is 0 Å². The maximum Gasteiger partial charge on any atom is 0.409 e. The summed E-state index contributed by atoms with van der Waals surface area (Å²) in [5.74, 6) is 0.536. The summed E-state index contributed by atoms with van der Waals surface area (Å²) in [6.45, 7) is 2.74.